The summed E-state index contributed by atoms with van der Waals surface area (Å²) in [5.41, 5.74) is 0.379. The van der Waals surface area contributed by atoms with Crippen molar-refractivity contribution in [3.8, 4) is 0 Å². The third-order valence-electron chi connectivity index (χ3n) is 8.96. The van der Waals surface area contributed by atoms with Gasteiger partial charge in [-0.05, 0) is 94.6 Å². The number of fused-ring (bicyclic) bond motifs is 4. The summed E-state index contributed by atoms with van der Waals surface area (Å²) in [5, 5.41) is 0.995. The van der Waals surface area contributed by atoms with E-state index in [0.29, 0.717) is 29.4 Å². The summed E-state index contributed by atoms with van der Waals surface area (Å²) in [6, 6.07) is 11.9. The Kier molecular flexibility index (Phi) is 11.0. The monoisotopic (exact) mass is 696 g/mol. The normalized spacial score (nSPS) is 12.8. The summed E-state index contributed by atoms with van der Waals surface area (Å²) in [5.74, 6) is 0. The molecule has 0 aliphatic heterocycles. The highest BCUT2D eigenvalue weighted by molar-refractivity contribution is 7.90. The molecule has 0 fully saturated rings. The summed E-state index contributed by atoms with van der Waals surface area (Å²) in [6.07, 6.45) is 1.29. The van der Waals surface area contributed by atoms with Crippen molar-refractivity contribution < 1.29 is 16.8 Å². The number of aromatic nitrogens is 2. The van der Waals surface area contributed by atoms with E-state index in [1.165, 1.54) is 36.4 Å². The minimum atomic E-state index is -3.96. The van der Waals surface area contributed by atoms with Crippen LogP contribution in [0.15, 0.2) is 67.9 Å². The van der Waals surface area contributed by atoms with Gasteiger partial charge in [-0.15, -0.1) is 0 Å². The topological polar surface area (TPSA) is 165 Å². The lowest BCUT2D eigenvalue weighted by Crippen LogP contribution is -2.30. The molecule has 2 heterocycles. The Morgan fingerprint density at radius 1 is 0.604 bits per heavy atom. The lowest BCUT2D eigenvalue weighted by Gasteiger charge is -2.17. The number of sulfonamides is 2. The summed E-state index contributed by atoms with van der Waals surface area (Å²) >= 11 is 0. The number of para-hydroxylation sites is 1. The summed E-state index contributed by atoms with van der Waals surface area (Å²) in [6.45, 7) is 13.9. The molecule has 48 heavy (non-hydrogen) atoms. The summed E-state index contributed by atoms with van der Waals surface area (Å²) in [7, 11) is -7.78. The maximum atomic E-state index is 13.7. The molecule has 0 saturated heterocycles. The first-order chi connectivity index (χ1) is 22.9. The number of rotatable bonds is 16. The second kappa shape index (κ2) is 14.8. The SMILES string of the molecule is CCN(CC)CCCNS(=O)(=O)c1ccc2c(=O)c3cc4[nH]c5c(S(=O)(=O)NCCCN(CC)CC)cccc5c(=O)c4cc3[nH]c2c1. The third-order valence-corrected chi connectivity index (χ3v) is 11.9. The zero-order valence-electron chi connectivity index (χ0n) is 27.9. The number of benzene rings is 3. The molecule has 0 spiro atoms. The van der Waals surface area contributed by atoms with Gasteiger partial charge in [0.2, 0.25) is 20.0 Å². The molecule has 12 nitrogen and oxygen atoms in total. The van der Waals surface area contributed by atoms with Crippen LogP contribution in [0.4, 0.5) is 0 Å². The van der Waals surface area contributed by atoms with Gasteiger partial charge in [0, 0.05) is 34.6 Å². The maximum Gasteiger partial charge on any atom is 0.242 e. The number of nitrogens with one attached hydrogen (secondary N) is 4. The predicted molar refractivity (Wildman–Crippen MR) is 193 cm³/mol. The van der Waals surface area contributed by atoms with Crippen LogP contribution in [-0.4, -0.2) is 89.0 Å². The molecule has 0 amide bonds. The van der Waals surface area contributed by atoms with Gasteiger partial charge in [0.1, 0.15) is 4.90 Å². The van der Waals surface area contributed by atoms with Gasteiger partial charge in [-0.1, -0.05) is 33.8 Å². The highest BCUT2D eigenvalue weighted by Crippen LogP contribution is 2.25. The predicted octanol–water partition coefficient (Wildman–Crippen LogP) is 3.70. The highest BCUT2D eigenvalue weighted by atomic mass is 32.2. The van der Waals surface area contributed by atoms with Gasteiger partial charge >= 0.3 is 0 Å². The van der Waals surface area contributed by atoms with Crippen LogP contribution in [0.1, 0.15) is 40.5 Å². The molecule has 0 unspecified atom stereocenters. The van der Waals surface area contributed by atoms with E-state index in [4.69, 9.17) is 0 Å². The van der Waals surface area contributed by atoms with Gasteiger partial charge in [-0.25, -0.2) is 26.3 Å². The molecule has 14 heteroatoms. The standard InChI is InChI=1S/C34H44N6O6S2/c1-5-39(6-2)18-10-16-35-47(43,44)23-14-15-24-28(20-23)37-29-21-27-30(22-26(29)33(24)41)38-32-25(34(27)42)12-9-13-31(32)48(45,46)36-17-11-19-40(7-3)8-4/h9,12-15,20-22,35-36H,5-8,10-11,16-19H2,1-4H3,(H,37,41)(H,38,42). The smallest absolute Gasteiger partial charge is 0.242 e. The summed E-state index contributed by atoms with van der Waals surface area (Å²) < 4.78 is 58.2. The van der Waals surface area contributed by atoms with Crippen molar-refractivity contribution in [3.63, 3.8) is 0 Å². The van der Waals surface area contributed by atoms with Crippen LogP contribution in [0, 0.1) is 0 Å². The van der Waals surface area contributed by atoms with E-state index in [-0.39, 0.29) is 55.4 Å². The van der Waals surface area contributed by atoms with E-state index in [1.54, 1.807) is 12.1 Å². The lowest BCUT2D eigenvalue weighted by molar-refractivity contribution is 0.300. The molecule has 0 bridgehead atoms. The van der Waals surface area contributed by atoms with E-state index in [2.05, 4.69) is 56.9 Å². The van der Waals surface area contributed by atoms with Gasteiger partial charge < -0.3 is 19.8 Å². The average Bonchev–Trinajstić information content (AvgIpc) is 3.07. The van der Waals surface area contributed by atoms with E-state index in [1.807, 2.05) is 0 Å². The van der Waals surface area contributed by atoms with E-state index >= 15 is 0 Å². The van der Waals surface area contributed by atoms with E-state index in [9.17, 15) is 26.4 Å². The quantitative estimate of drug-likeness (QED) is 0.0897. The highest BCUT2D eigenvalue weighted by Gasteiger charge is 2.21. The fourth-order valence-corrected chi connectivity index (χ4v) is 8.43. The average molecular weight is 697 g/mol. The molecule has 0 radical (unpaired) electrons. The zero-order chi connectivity index (χ0) is 34.6. The molecular weight excluding hydrogens is 653 g/mol. The van der Waals surface area contributed by atoms with Gasteiger partial charge in [0.05, 0.1) is 27.0 Å². The van der Waals surface area contributed by atoms with Gasteiger partial charge in [0.15, 0.2) is 10.9 Å². The van der Waals surface area contributed by atoms with Crippen LogP contribution in [0.2, 0.25) is 0 Å². The molecule has 0 saturated carbocycles. The second-order valence-electron chi connectivity index (χ2n) is 11.8. The first kappa shape index (κ1) is 35.6. The molecule has 0 aliphatic carbocycles. The Morgan fingerprint density at radius 2 is 1.12 bits per heavy atom. The Balaban J connectivity index is 1.50. The largest absolute Gasteiger partial charge is 0.354 e. The Bertz CT molecular complexity index is 2290. The molecule has 2 aromatic heterocycles. The minimum Gasteiger partial charge on any atom is -0.354 e. The van der Waals surface area contributed by atoms with Crippen LogP contribution in [0.25, 0.3) is 43.6 Å². The first-order valence-electron chi connectivity index (χ1n) is 16.5. The van der Waals surface area contributed by atoms with Crippen LogP contribution in [0.3, 0.4) is 0 Å². The van der Waals surface area contributed by atoms with Crippen molar-refractivity contribution in [2.45, 2.75) is 50.3 Å². The lowest BCUT2D eigenvalue weighted by atomic mass is 10.1. The van der Waals surface area contributed by atoms with Crippen LogP contribution in [-0.2, 0) is 20.0 Å². The summed E-state index contributed by atoms with van der Waals surface area (Å²) in [4.78, 5) is 38.0. The van der Waals surface area contributed by atoms with Crippen molar-refractivity contribution >= 4 is 63.7 Å². The van der Waals surface area contributed by atoms with E-state index < -0.39 is 25.5 Å². The number of H-pyrrole nitrogens is 2. The van der Waals surface area contributed by atoms with Crippen LogP contribution < -0.4 is 20.3 Å². The number of hydrogen-bond acceptors (Lipinski definition) is 8. The third kappa shape index (κ3) is 7.33. The minimum absolute atomic E-state index is 0.0212. The fourth-order valence-electron chi connectivity index (χ4n) is 6.08. The molecule has 0 aliphatic rings. The molecule has 5 rings (SSSR count). The van der Waals surface area contributed by atoms with Crippen molar-refractivity contribution in [2.24, 2.45) is 0 Å². The van der Waals surface area contributed by atoms with E-state index in [0.717, 1.165) is 39.3 Å². The van der Waals surface area contributed by atoms with Crippen LogP contribution >= 0.6 is 0 Å². The van der Waals surface area contributed by atoms with Crippen molar-refractivity contribution in [1.29, 1.82) is 0 Å². The number of aromatic amines is 2. The molecule has 258 valence electrons. The second-order valence-corrected chi connectivity index (χ2v) is 15.3. The maximum absolute atomic E-state index is 13.7. The van der Waals surface area contributed by atoms with Crippen LogP contribution in [0.5, 0.6) is 0 Å². The Labute approximate surface area is 280 Å². The molecule has 5 aromatic rings. The van der Waals surface area contributed by atoms with Gasteiger partial charge in [-0.2, -0.15) is 0 Å². The van der Waals surface area contributed by atoms with Crippen molar-refractivity contribution in [2.75, 3.05) is 52.4 Å². The van der Waals surface area contributed by atoms with Gasteiger partial charge in [0.25, 0.3) is 0 Å². The molecule has 4 N–H and O–H groups in total. The van der Waals surface area contributed by atoms with Gasteiger partial charge in [-0.3, -0.25) is 9.59 Å². The molecular formula is C34H44N6O6S2. The first-order valence-corrected chi connectivity index (χ1v) is 19.4. The molecule has 0 atom stereocenters. The Hall–Kier alpha value is -3.66. The van der Waals surface area contributed by atoms with Crippen molar-refractivity contribution in [3.05, 3.63) is 69.0 Å². The number of pyridine rings is 2. The fraction of sp³-hybridized carbons (Fsp3) is 0.412. The number of nitrogens with zero attached hydrogens (tertiary/aromatic N) is 2. The number of hydrogen-bond donors (Lipinski definition) is 4. The Morgan fingerprint density at radius 3 is 1.71 bits per heavy atom. The van der Waals surface area contributed by atoms with Crippen molar-refractivity contribution in [1.82, 2.24) is 29.2 Å². The zero-order valence-corrected chi connectivity index (χ0v) is 29.5. The molecule has 3 aromatic carbocycles.